The normalized spacial score (nSPS) is 15.3. The Morgan fingerprint density at radius 3 is 2.55 bits per heavy atom. The highest BCUT2D eigenvalue weighted by Crippen LogP contribution is 2.29. The lowest BCUT2D eigenvalue weighted by Gasteiger charge is -2.30. The number of anilines is 1. The van der Waals surface area contributed by atoms with Gasteiger partial charge >= 0.3 is 0 Å². The van der Waals surface area contributed by atoms with Crippen molar-refractivity contribution in [3.63, 3.8) is 0 Å². The van der Waals surface area contributed by atoms with Crippen LogP contribution in [0.3, 0.4) is 0 Å². The van der Waals surface area contributed by atoms with Crippen LogP contribution in [0.5, 0.6) is 0 Å². The van der Waals surface area contributed by atoms with Crippen molar-refractivity contribution in [3.8, 4) is 0 Å². The van der Waals surface area contributed by atoms with Crippen LogP contribution in [-0.2, 0) is 10.0 Å². The molecule has 5 nitrogen and oxygen atoms in total. The van der Waals surface area contributed by atoms with Gasteiger partial charge in [-0.15, -0.1) is 0 Å². The Morgan fingerprint density at radius 1 is 0.903 bits per heavy atom. The molecule has 0 amide bonds. The zero-order chi connectivity index (χ0) is 21.3. The van der Waals surface area contributed by atoms with Gasteiger partial charge in [0.25, 0.3) is 0 Å². The van der Waals surface area contributed by atoms with Gasteiger partial charge in [-0.2, -0.15) is 0 Å². The van der Waals surface area contributed by atoms with Gasteiger partial charge in [-0.25, -0.2) is 12.4 Å². The molecule has 0 atom stereocenters. The molecule has 6 heteroatoms. The topological polar surface area (TPSA) is 54.3 Å². The van der Waals surface area contributed by atoms with Gasteiger partial charge in [-0.1, -0.05) is 54.6 Å². The van der Waals surface area contributed by atoms with Gasteiger partial charge in [0, 0.05) is 43.4 Å². The molecule has 1 N–H and O–H groups in total. The Bertz CT molecular complexity index is 1370. The molecular weight excluding hydrogens is 406 g/mol. The van der Waals surface area contributed by atoms with Crippen LogP contribution in [0.1, 0.15) is 5.56 Å². The first-order valence-corrected chi connectivity index (χ1v) is 12.2. The quantitative estimate of drug-likeness (QED) is 0.517. The van der Waals surface area contributed by atoms with Gasteiger partial charge in [-0.3, -0.25) is 0 Å². The zero-order valence-corrected chi connectivity index (χ0v) is 18.1. The van der Waals surface area contributed by atoms with Crippen molar-refractivity contribution < 1.29 is 8.42 Å². The Kier molecular flexibility index (Phi) is 5.26. The molecule has 0 saturated carbocycles. The molecule has 1 fully saturated rings. The van der Waals surface area contributed by atoms with Crippen molar-refractivity contribution in [2.45, 2.75) is 0 Å². The fourth-order valence-corrected chi connectivity index (χ4v) is 5.45. The van der Waals surface area contributed by atoms with E-state index in [0.717, 1.165) is 53.7 Å². The van der Waals surface area contributed by atoms with Gasteiger partial charge in [0.15, 0.2) is 0 Å². The van der Waals surface area contributed by atoms with Crippen LogP contribution in [0.2, 0.25) is 0 Å². The van der Waals surface area contributed by atoms with Gasteiger partial charge in [0.1, 0.15) is 0 Å². The second kappa shape index (κ2) is 8.21. The number of fused-ring (bicyclic) bond motifs is 2. The van der Waals surface area contributed by atoms with Gasteiger partial charge in [0.2, 0.25) is 10.0 Å². The number of rotatable bonds is 5. The van der Waals surface area contributed by atoms with Crippen molar-refractivity contribution in [2.24, 2.45) is 0 Å². The molecule has 31 heavy (non-hydrogen) atoms. The van der Waals surface area contributed by atoms with E-state index >= 15 is 0 Å². The van der Waals surface area contributed by atoms with E-state index in [1.807, 2.05) is 42.5 Å². The summed E-state index contributed by atoms with van der Waals surface area (Å²) in [5, 5.41) is 6.65. The summed E-state index contributed by atoms with van der Waals surface area (Å²) in [6.45, 7) is 3.72. The summed E-state index contributed by atoms with van der Waals surface area (Å²) in [4.78, 5) is 2.31. The summed E-state index contributed by atoms with van der Waals surface area (Å²) in [7, 11) is -3.50. The smallest absolute Gasteiger partial charge is 0.242 e. The minimum Gasteiger partial charge on any atom is -0.368 e. The molecule has 0 unspecified atom stereocenters. The molecule has 4 aromatic rings. The molecule has 0 spiro atoms. The number of hydrogen-bond donors (Lipinski definition) is 1. The van der Waals surface area contributed by atoms with Crippen molar-refractivity contribution in [2.75, 3.05) is 36.8 Å². The lowest BCUT2D eigenvalue weighted by Crippen LogP contribution is -2.43. The van der Waals surface area contributed by atoms with Crippen molar-refractivity contribution in [1.82, 2.24) is 9.29 Å². The Hall–Kier alpha value is -3.09. The SMILES string of the molecule is O=S(=O)(CC=Cc1ccc2ccccc2c1)n1ccc2c(N3CCNCC3)cccc21. The molecule has 3 aromatic carbocycles. The molecule has 1 aliphatic heterocycles. The minimum atomic E-state index is -3.50. The number of piperazine rings is 1. The molecule has 1 aliphatic rings. The maximum Gasteiger partial charge on any atom is 0.242 e. The Morgan fingerprint density at radius 2 is 1.71 bits per heavy atom. The predicted octanol–water partition coefficient (Wildman–Crippen LogP) is 4.10. The number of nitrogens with one attached hydrogen (secondary N) is 1. The number of nitrogens with zero attached hydrogens (tertiary/aromatic N) is 2. The summed E-state index contributed by atoms with van der Waals surface area (Å²) in [6.07, 6.45) is 5.28. The average Bonchev–Trinajstić information content (AvgIpc) is 3.25. The number of aromatic nitrogens is 1. The van der Waals surface area contributed by atoms with Crippen LogP contribution >= 0.6 is 0 Å². The highest BCUT2D eigenvalue weighted by molar-refractivity contribution is 7.90. The van der Waals surface area contributed by atoms with Gasteiger partial charge in [-0.05, 0) is 40.6 Å². The van der Waals surface area contributed by atoms with Crippen LogP contribution in [-0.4, -0.2) is 44.3 Å². The summed E-state index contributed by atoms with van der Waals surface area (Å²) in [5.41, 5.74) is 2.82. The molecule has 0 aliphatic carbocycles. The van der Waals surface area contributed by atoms with Crippen LogP contribution in [0.15, 0.2) is 79.0 Å². The molecule has 1 aromatic heterocycles. The third-order valence-electron chi connectivity index (χ3n) is 5.82. The third kappa shape index (κ3) is 3.96. The molecule has 0 bridgehead atoms. The van der Waals surface area contributed by atoms with E-state index in [9.17, 15) is 8.42 Å². The van der Waals surface area contributed by atoms with Gasteiger partial charge < -0.3 is 10.2 Å². The third-order valence-corrected chi connectivity index (χ3v) is 7.35. The fraction of sp³-hybridized carbons (Fsp3) is 0.200. The first-order valence-electron chi connectivity index (χ1n) is 10.6. The molecule has 158 valence electrons. The van der Waals surface area contributed by atoms with Crippen LogP contribution in [0, 0.1) is 0 Å². The van der Waals surface area contributed by atoms with E-state index < -0.39 is 10.0 Å². The van der Waals surface area contributed by atoms with E-state index in [-0.39, 0.29) is 5.75 Å². The largest absolute Gasteiger partial charge is 0.368 e. The molecule has 2 heterocycles. The van der Waals surface area contributed by atoms with Crippen molar-refractivity contribution in [3.05, 3.63) is 84.6 Å². The molecule has 1 saturated heterocycles. The lowest BCUT2D eigenvalue weighted by atomic mass is 10.1. The van der Waals surface area contributed by atoms with Crippen molar-refractivity contribution >= 4 is 43.5 Å². The molecule has 5 rings (SSSR count). The van der Waals surface area contributed by atoms with E-state index in [4.69, 9.17) is 0 Å². The predicted molar refractivity (Wildman–Crippen MR) is 129 cm³/mol. The van der Waals surface area contributed by atoms with E-state index in [1.165, 1.54) is 9.36 Å². The highest BCUT2D eigenvalue weighted by atomic mass is 32.2. The van der Waals surface area contributed by atoms with Gasteiger partial charge in [0.05, 0.1) is 11.3 Å². The molecular formula is C25H25N3O2S. The van der Waals surface area contributed by atoms with Crippen LogP contribution in [0.25, 0.3) is 27.8 Å². The summed E-state index contributed by atoms with van der Waals surface area (Å²) in [5.74, 6) is -0.0541. The highest BCUT2D eigenvalue weighted by Gasteiger charge is 2.18. The van der Waals surface area contributed by atoms with E-state index in [1.54, 1.807) is 12.3 Å². The minimum absolute atomic E-state index is 0.0541. The van der Waals surface area contributed by atoms with E-state index in [0.29, 0.717) is 0 Å². The number of hydrogen-bond acceptors (Lipinski definition) is 4. The second-order valence-electron chi connectivity index (χ2n) is 7.85. The lowest BCUT2D eigenvalue weighted by molar-refractivity contribution is 0.590. The second-order valence-corrected chi connectivity index (χ2v) is 9.74. The van der Waals surface area contributed by atoms with Crippen LogP contribution < -0.4 is 10.2 Å². The Labute approximate surface area is 182 Å². The maximum atomic E-state index is 13.1. The summed E-state index contributed by atoms with van der Waals surface area (Å²) < 4.78 is 27.6. The number of benzene rings is 3. The summed E-state index contributed by atoms with van der Waals surface area (Å²) in [6, 6.07) is 22.1. The average molecular weight is 432 g/mol. The standard InChI is InChI=1S/C25H25N3O2S/c29-31(30,18-4-5-20-10-11-21-6-1-2-7-22(21)19-20)28-15-12-23-24(8-3-9-25(23)28)27-16-13-26-14-17-27/h1-12,15,19,26H,13-14,16-18H2. The first-order chi connectivity index (χ1) is 15.1. The first kappa shape index (κ1) is 19.8. The monoisotopic (exact) mass is 431 g/mol. The zero-order valence-electron chi connectivity index (χ0n) is 17.2. The van der Waals surface area contributed by atoms with E-state index in [2.05, 4.69) is 40.5 Å². The maximum absolute atomic E-state index is 13.1. The molecule has 0 radical (unpaired) electrons. The Balaban J connectivity index is 1.40. The fourth-order valence-electron chi connectivity index (χ4n) is 4.25. The summed E-state index contributed by atoms with van der Waals surface area (Å²) >= 11 is 0. The van der Waals surface area contributed by atoms with Crippen molar-refractivity contribution in [1.29, 1.82) is 0 Å². The van der Waals surface area contributed by atoms with Crippen LogP contribution in [0.4, 0.5) is 5.69 Å².